The number of carbonyl (C=O) groups is 1. The van der Waals surface area contributed by atoms with Crippen LogP contribution >= 0.6 is 11.6 Å². The number of amides is 1. The minimum atomic E-state index is -3.89. The molecule has 0 aliphatic rings. The molecule has 31 heavy (non-hydrogen) atoms. The summed E-state index contributed by atoms with van der Waals surface area (Å²) >= 11 is 5.88. The van der Waals surface area contributed by atoms with Gasteiger partial charge in [-0.1, -0.05) is 23.7 Å². The summed E-state index contributed by atoms with van der Waals surface area (Å²) in [6.07, 6.45) is 0. The van der Waals surface area contributed by atoms with Crippen molar-refractivity contribution in [1.82, 2.24) is 0 Å². The molecule has 0 saturated carbocycles. The Morgan fingerprint density at radius 3 is 2.39 bits per heavy atom. The molecule has 162 valence electrons. The predicted molar refractivity (Wildman–Crippen MR) is 124 cm³/mol. The molecule has 3 aromatic rings. The van der Waals surface area contributed by atoms with Gasteiger partial charge in [-0.15, -0.1) is 0 Å². The first-order valence-electron chi connectivity index (χ1n) is 9.64. The van der Waals surface area contributed by atoms with Gasteiger partial charge in [0.05, 0.1) is 22.9 Å². The van der Waals surface area contributed by atoms with Crippen LogP contribution < -0.4 is 14.8 Å². The van der Waals surface area contributed by atoms with E-state index in [2.05, 4.69) is 10.0 Å². The highest BCUT2D eigenvalue weighted by atomic mass is 35.5. The fraction of sp³-hybridized carbons (Fsp3) is 0.174. The van der Waals surface area contributed by atoms with Crippen LogP contribution in [0.15, 0.2) is 65.6 Å². The molecule has 0 heterocycles. The van der Waals surface area contributed by atoms with Crippen molar-refractivity contribution >= 4 is 38.9 Å². The molecule has 0 bridgehead atoms. The molecule has 1 amide bonds. The van der Waals surface area contributed by atoms with E-state index in [-0.39, 0.29) is 10.6 Å². The van der Waals surface area contributed by atoms with Crippen LogP contribution in [0.25, 0.3) is 0 Å². The van der Waals surface area contributed by atoms with Crippen LogP contribution in [0.4, 0.5) is 11.4 Å². The summed E-state index contributed by atoms with van der Waals surface area (Å²) in [7, 11) is -3.89. The Bertz CT molecular complexity index is 1210. The third-order valence-corrected chi connectivity index (χ3v) is 6.38. The van der Waals surface area contributed by atoms with Crippen molar-refractivity contribution in [3.63, 3.8) is 0 Å². The third-order valence-electron chi connectivity index (χ3n) is 4.76. The summed E-state index contributed by atoms with van der Waals surface area (Å²) in [6.45, 7) is 5.92. The monoisotopic (exact) mass is 458 g/mol. The summed E-state index contributed by atoms with van der Waals surface area (Å²) in [4.78, 5) is 12.6. The minimum Gasteiger partial charge on any atom is -0.492 e. The summed E-state index contributed by atoms with van der Waals surface area (Å²) in [5.74, 6) is -0.0369. The zero-order chi connectivity index (χ0) is 22.6. The van der Waals surface area contributed by atoms with Gasteiger partial charge >= 0.3 is 0 Å². The van der Waals surface area contributed by atoms with E-state index in [0.29, 0.717) is 28.6 Å². The Labute approximate surface area is 187 Å². The molecule has 0 atom stereocenters. The fourth-order valence-electron chi connectivity index (χ4n) is 2.92. The second-order valence-corrected chi connectivity index (χ2v) is 9.02. The Hall–Kier alpha value is -3.03. The van der Waals surface area contributed by atoms with Gasteiger partial charge in [-0.05, 0) is 80.4 Å². The lowest BCUT2D eigenvalue weighted by atomic mass is 10.1. The van der Waals surface area contributed by atoms with Gasteiger partial charge in [0.25, 0.3) is 15.9 Å². The number of benzene rings is 3. The van der Waals surface area contributed by atoms with E-state index in [9.17, 15) is 13.2 Å². The molecule has 0 aliphatic carbocycles. The van der Waals surface area contributed by atoms with Crippen molar-refractivity contribution in [1.29, 1.82) is 0 Å². The normalized spacial score (nSPS) is 11.1. The molecule has 0 spiro atoms. The lowest BCUT2D eigenvalue weighted by molar-refractivity contribution is 0.102. The molecule has 8 heteroatoms. The van der Waals surface area contributed by atoms with E-state index >= 15 is 0 Å². The number of anilines is 2. The Balaban J connectivity index is 1.94. The van der Waals surface area contributed by atoms with E-state index in [1.807, 2.05) is 19.9 Å². The summed E-state index contributed by atoms with van der Waals surface area (Å²) < 4.78 is 34.2. The van der Waals surface area contributed by atoms with Crippen LogP contribution in [0.1, 0.15) is 28.4 Å². The van der Waals surface area contributed by atoms with Gasteiger partial charge in [0.2, 0.25) is 0 Å². The molecule has 3 rings (SSSR count). The molecule has 0 aliphatic heterocycles. The van der Waals surface area contributed by atoms with Gasteiger partial charge in [0.15, 0.2) is 0 Å². The van der Waals surface area contributed by atoms with Gasteiger partial charge in [0, 0.05) is 10.6 Å². The third kappa shape index (κ3) is 5.37. The summed E-state index contributed by atoms with van der Waals surface area (Å²) in [5, 5.41) is 3.24. The maximum absolute atomic E-state index is 13.0. The number of carbonyl (C=O) groups excluding carboxylic acids is 1. The van der Waals surface area contributed by atoms with Crippen molar-refractivity contribution in [2.45, 2.75) is 25.7 Å². The zero-order valence-corrected chi connectivity index (χ0v) is 19.0. The van der Waals surface area contributed by atoms with E-state index in [4.69, 9.17) is 16.3 Å². The fourth-order valence-corrected chi connectivity index (χ4v) is 4.19. The van der Waals surface area contributed by atoms with Gasteiger partial charge in [-0.3, -0.25) is 9.52 Å². The second-order valence-electron chi connectivity index (χ2n) is 6.90. The van der Waals surface area contributed by atoms with Crippen molar-refractivity contribution < 1.29 is 17.9 Å². The van der Waals surface area contributed by atoms with Gasteiger partial charge < -0.3 is 10.1 Å². The second kappa shape index (κ2) is 9.41. The SMILES string of the molecule is CCOc1ccc(S(=O)(=O)Nc2cccc(C)c2C)cc1NC(=O)c1ccc(Cl)cc1. The van der Waals surface area contributed by atoms with E-state index in [1.54, 1.807) is 43.3 Å². The first kappa shape index (κ1) is 22.7. The van der Waals surface area contributed by atoms with Crippen LogP contribution in [-0.2, 0) is 10.0 Å². The van der Waals surface area contributed by atoms with Crippen LogP contribution in [0.3, 0.4) is 0 Å². The molecule has 0 saturated heterocycles. The van der Waals surface area contributed by atoms with Gasteiger partial charge in [-0.2, -0.15) is 0 Å². The van der Waals surface area contributed by atoms with Crippen molar-refractivity contribution in [3.8, 4) is 5.75 Å². The lowest BCUT2D eigenvalue weighted by Crippen LogP contribution is -2.16. The molecule has 0 fully saturated rings. The smallest absolute Gasteiger partial charge is 0.261 e. The summed E-state index contributed by atoms with van der Waals surface area (Å²) in [5.41, 5.74) is 2.95. The highest BCUT2D eigenvalue weighted by Crippen LogP contribution is 2.30. The highest BCUT2D eigenvalue weighted by Gasteiger charge is 2.19. The molecule has 0 aromatic heterocycles. The first-order chi connectivity index (χ1) is 14.7. The predicted octanol–water partition coefficient (Wildman–Crippen LogP) is 5.41. The largest absolute Gasteiger partial charge is 0.492 e. The maximum atomic E-state index is 13.0. The highest BCUT2D eigenvalue weighted by molar-refractivity contribution is 7.92. The number of hydrogen-bond donors (Lipinski definition) is 2. The standard InChI is InChI=1S/C23H23ClN2O4S/c1-4-30-22-13-12-19(31(28,29)26-20-7-5-6-15(2)16(20)3)14-21(22)25-23(27)17-8-10-18(24)11-9-17/h5-14,26H,4H2,1-3H3,(H,25,27). The first-order valence-corrected chi connectivity index (χ1v) is 11.5. The molecule has 0 radical (unpaired) electrons. The van der Waals surface area contributed by atoms with Crippen molar-refractivity contribution in [3.05, 3.63) is 82.4 Å². The number of nitrogens with one attached hydrogen (secondary N) is 2. The van der Waals surface area contributed by atoms with Gasteiger partial charge in [-0.25, -0.2) is 8.42 Å². The topological polar surface area (TPSA) is 84.5 Å². The minimum absolute atomic E-state index is 0.00302. The average Bonchev–Trinajstić information content (AvgIpc) is 2.73. The lowest BCUT2D eigenvalue weighted by Gasteiger charge is -2.15. The van der Waals surface area contributed by atoms with Crippen LogP contribution in [-0.4, -0.2) is 20.9 Å². The number of hydrogen-bond acceptors (Lipinski definition) is 4. The molecule has 0 unspecified atom stereocenters. The average molecular weight is 459 g/mol. The van der Waals surface area contributed by atoms with Gasteiger partial charge in [0.1, 0.15) is 5.75 Å². The quantitative estimate of drug-likeness (QED) is 0.495. The molecular formula is C23H23ClN2O4S. The van der Waals surface area contributed by atoms with Crippen LogP contribution in [0.2, 0.25) is 5.02 Å². The molecule has 6 nitrogen and oxygen atoms in total. The Kier molecular flexibility index (Phi) is 6.87. The summed E-state index contributed by atoms with van der Waals surface area (Å²) in [6, 6.07) is 16.1. The van der Waals surface area contributed by atoms with Crippen LogP contribution in [0.5, 0.6) is 5.75 Å². The van der Waals surface area contributed by atoms with Crippen molar-refractivity contribution in [2.75, 3.05) is 16.6 Å². The van der Waals surface area contributed by atoms with Crippen molar-refractivity contribution in [2.24, 2.45) is 0 Å². The molecule has 3 aromatic carbocycles. The van der Waals surface area contributed by atoms with E-state index in [1.165, 1.54) is 18.2 Å². The number of rotatable bonds is 7. The number of halogens is 1. The molecular weight excluding hydrogens is 436 g/mol. The Morgan fingerprint density at radius 1 is 1.00 bits per heavy atom. The van der Waals surface area contributed by atoms with E-state index < -0.39 is 15.9 Å². The Morgan fingerprint density at radius 2 is 1.71 bits per heavy atom. The van der Waals surface area contributed by atoms with E-state index in [0.717, 1.165) is 11.1 Å². The number of sulfonamides is 1. The van der Waals surface area contributed by atoms with Crippen LogP contribution in [0, 0.1) is 13.8 Å². The number of aryl methyl sites for hydroxylation is 1. The number of ether oxygens (including phenoxy) is 1. The molecule has 2 N–H and O–H groups in total. The maximum Gasteiger partial charge on any atom is 0.261 e. The zero-order valence-electron chi connectivity index (χ0n) is 17.4.